The first-order valence-corrected chi connectivity index (χ1v) is 8.69. The van der Waals surface area contributed by atoms with Gasteiger partial charge in [0.05, 0.1) is 31.4 Å². The molecule has 1 aliphatic heterocycles. The Morgan fingerprint density at radius 1 is 1.16 bits per heavy atom. The zero-order valence-electron chi connectivity index (χ0n) is 14.4. The molecule has 10 nitrogen and oxygen atoms in total. The number of hydrogen-bond donors (Lipinski definition) is 0. The number of nitrogens with zero attached hydrogens (tertiary/aromatic N) is 8. The molecule has 2 aliphatic rings. The van der Waals surface area contributed by atoms with E-state index >= 15 is 0 Å². The van der Waals surface area contributed by atoms with Gasteiger partial charge in [0.15, 0.2) is 11.5 Å². The minimum atomic E-state index is -0.454. The largest absolute Gasteiger partial charge is 0.464 e. The van der Waals surface area contributed by atoms with Crippen molar-refractivity contribution in [1.29, 1.82) is 0 Å². The van der Waals surface area contributed by atoms with E-state index in [-0.39, 0.29) is 17.8 Å². The average molecular weight is 346 g/mol. The molecule has 1 atom stereocenters. The number of carbonyl (C=O) groups is 1. The summed E-state index contributed by atoms with van der Waals surface area (Å²) in [7, 11) is 1.34. The molecule has 1 saturated heterocycles. The van der Waals surface area contributed by atoms with Gasteiger partial charge in [-0.3, -0.25) is 4.90 Å². The topological polar surface area (TPSA) is 104 Å². The van der Waals surface area contributed by atoms with Crippen LogP contribution in [0.25, 0.3) is 0 Å². The summed E-state index contributed by atoms with van der Waals surface area (Å²) >= 11 is 0. The van der Waals surface area contributed by atoms with Crippen LogP contribution in [0, 0.1) is 0 Å². The zero-order chi connectivity index (χ0) is 17.4. The number of tetrazole rings is 1. The molecule has 4 rings (SSSR count). The third-order valence-electron chi connectivity index (χ3n) is 5.11. The summed E-state index contributed by atoms with van der Waals surface area (Å²) in [6, 6.07) is 0.920. The van der Waals surface area contributed by atoms with Crippen LogP contribution in [-0.4, -0.2) is 66.3 Å². The molecule has 0 spiro atoms. The van der Waals surface area contributed by atoms with Crippen LogP contribution in [0.3, 0.4) is 0 Å². The van der Waals surface area contributed by atoms with Crippen LogP contribution in [0.2, 0.25) is 0 Å². The minimum Gasteiger partial charge on any atom is -0.464 e. The lowest BCUT2D eigenvalue weighted by molar-refractivity contribution is 0.0594. The highest BCUT2D eigenvalue weighted by Gasteiger charge is 2.33. The summed E-state index contributed by atoms with van der Waals surface area (Å²) < 4.78 is 8.44. The van der Waals surface area contributed by atoms with Crippen LogP contribution in [-0.2, 0) is 4.74 Å². The third kappa shape index (κ3) is 3.13. The smallest absolute Gasteiger partial charge is 0.360 e. The van der Waals surface area contributed by atoms with Gasteiger partial charge in [0.25, 0.3) is 0 Å². The summed E-state index contributed by atoms with van der Waals surface area (Å²) in [5.74, 6) is 0.499. The van der Waals surface area contributed by atoms with Crippen molar-refractivity contribution in [3.63, 3.8) is 0 Å². The molecular formula is C15H22N8O2. The van der Waals surface area contributed by atoms with Crippen molar-refractivity contribution in [3.8, 4) is 0 Å². The van der Waals surface area contributed by atoms with E-state index in [9.17, 15) is 4.79 Å². The Hall–Kier alpha value is -2.36. The second-order valence-electron chi connectivity index (χ2n) is 6.73. The fourth-order valence-electron chi connectivity index (χ4n) is 3.41. The number of ether oxygens (including phenoxy) is 1. The molecule has 2 fully saturated rings. The maximum absolute atomic E-state index is 11.5. The molecule has 1 saturated carbocycles. The van der Waals surface area contributed by atoms with Gasteiger partial charge in [-0.15, -0.1) is 10.2 Å². The lowest BCUT2D eigenvalue weighted by Crippen LogP contribution is -2.37. The van der Waals surface area contributed by atoms with E-state index in [0.717, 1.165) is 31.8 Å². The summed E-state index contributed by atoms with van der Waals surface area (Å²) in [6.45, 7) is 4.02. The Kier molecular flexibility index (Phi) is 4.20. The summed E-state index contributed by atoms with van der Waals surface area (Å²) in [5, 5.41) is 20.2. The Morgan fingerprint density at radius 2 is 1.92 bits per heavy atom. The maximum Gasteiger partial charge on any atom is 0.360 e. The maximum atomic E-state index is 11.5. The van der Waals surface area contributed by atoms with Crippen molar-refractivity contribution in [3.05, 3.63) is 17.7 Å². The molecule has 3 heterocycles. The lowest BCUT2D eigenvalue weighted by atomic mass is 10.0. The van der Waals surface area contributed by atoms with Gasteiger partial charge < -0.3 is 4.74 Å². The molecule has 25 heavy (non-hydrogen) atoms. The van der Waals surface area contributed by atoms with E-state index < -0.39 is 5.97 Å². The highest BCUT2D eigenvalue weighted by molar-refractivity contribution is 5.86. The van der Waals surface area contributed by atoms with E-state index in [0.29, 0.717) is 6.04 Å². The Labute approximate surface area is 145 Å². The van der Waals surface area contributed by atoms with Gasteiger partial charge in [-0.2, -0.15) is 0 Å². The number of carbonyl (C=O) groups excluding carboxylic acids is 1. The predicted octanol–water partition coefficient (Wildman–Crippen LogP) is 0.784. The van der Waals surface area contributed by atoms with E-state index in [1.165, 1.54) is 20.0 Å². The summed E-state index contributed by atoms with van der Waals surface area (Å²) in [4.78, 5) is 13.9. The molecule has 10 heteroatoms. The van der Waals surface area contributed by atoms with Crippen LogP contribution in [0.5, 0.6) is 0 Å². The van der Waals surface area contributed by atoms with Crippen molar-refractivity contribution < 1.29 is 9.53 Å². The first-order chi connectivity index (χ1) is 12.2. The van der Waals surface area contributed by atoms with E-state index in [4.69, 9.17) is 0 Å². The highest BCUT2D eigenvalue weighted by Crippen LogP contribution is 2.37. The van der Waals surface area contributed by atoms with Gasteiger partial charge in [-0.05, 0) is 43.0 Å². The molecule has 0 N–H and O–H groups in total. The predicted molar refractivity (Wildman–Crippen MR) is 85.7 cm³/mol. The van der Waals surface area contributed by atoms with Crippen molar-refractivity contribution in [2.24, 2.45) is 0 Å². The number of methoxy groups -OCH3 is 1. The lowest BCUT2D eigenvalue weighted by Gasteiger charge is -2.35. The van der Waals surface area contributed by atoms with Crippen LogP contribution in [0.15, 0.2) is 6.20 Å². The Bertz CT molecular complexity index is 744. The number of likely N-dealkylation sites (tertiary alicyclic amines) is 1. The second-order valence-corrected chi connectivity index (χ2v) is 6.73. The normalized spacial score (nSPS) is 20.6. The molecule has 0 bridgehead atoms. The number of esters is 1. The molecular weight excluding hydrogens is 324 g/mol. The van der Waals surface area contributed by atoms with Gasteiger partial charge in [0, 0.05) is 13.1 Å². The van der Waals surface area contributed by atoms with Crippen molar-refractivity contribution >= 4 is 5.97 Å². The monoisotopic (exact) mass is 346 g/mol. The molecule has 0 aromatic carbocycles. The molecule has 0 unspecified atom stereocenters. The molecule has 1 aliphatic carbocycles. The standard InChI is InChI=1S/C15H22N8O2/c1-10(14-17-18-20-23(14)12-3-4-12)21-7-5-11(6-8-21)22-9-13(16-19-22)15(24)25-2/h9-12H,3-8H2,1-2H3/t10-/m0/s1. The first-order valence-electron chi connectivity index (χ1n) is 8.69. The molecule has 0 radical (unpaired) electrons. The van der Waals surface area contributed by atoms with Gasteiger partial charge in [-0.1, -0.05) is 5.21 Å². The Balaban J connectivity index is 1.38. The van der Waals surface area contributed by atoms with Crippen molar-refractivity contribution in [2.45, 2.75) is 50.7 Å². The second kappa shape index (κ2) is 6.51. The zero-order valence-corrected chi connectivity index (χ0v) is 14.4. The number of rotatable bonds is 5. The van der Waals surface area contributed by atoms with E-state index in [1.807, 2.05) is 4.68 Å². The van der Waals surface area contributed by atoms with Gasteiger partial charge in [-0.25, -0.2) is 14.2 Å². The number of aromatic nitrogens is 7. The fourth-order valence-corrected chi connectivity index (χ4v) is 3.41. The van der Waals surface area contributed by atoms with Gasteiger partial charge in [0.2, 0.25) is 0 Å². The highest BCUT2D eigenvalue weighted by atomic mass is 16.5. The van der Waals surface area contributed by atoms with Crippen LogP contribution >= 0.6 is 0 Å². The van der Waals surface area contributed by atoms with Crippen LogP contribution in [0.1, 0.15) is 67.0 Å². The quantitative estimate of drug-likeness (QED) is 0.732. The SMILES string of the molecule is COC(=O)c1cn(C2CCN([C@@H](C)c3nnnn3C3CC3)CC2)nn1. The molecule has 2 aromatic rings. The fraction of sp³-hybridized carbons (Fsp3) is 0.733. The van der Waals surface area contributed by atoms with Crippen molar-refractivity contribution in [2.75, 3.05) is 20.2 Å². The van der Waals surface area contributed by atoms with E-state index in [1.54, 1.807) is 10.9 Å². The number of hydrogen-bond acceptors (Lipinski definition) is 8. The summed E-state index contributed by atoms with van der Waals surface area (Å²) in [6.07, 6.45) is 5.89. The van der Waals surface area contributed by atoms with Gasteiger partial charge in [0.1, 0.15) is 0 Å². The third-order valence-corrected chi connectivity index (χ3v) is 5.11. The first kappa shape index (κ1) is 16.1. The van der Waals surface area contributed by atoms with Crippen molar-refractivity contribution in [1.82, 2.24) is 40.1 Å². The molecule has 2 aromatic heterocycles. The van der Waals surface area contributed by atoms with E-state index in [2.05, 4.69) is 42.4 Å². The molecule has 134 valence electrons. The number of piperidine rings is 1. The van der Waals surface area contributed by atoms with Gasteiger partial charge >= 0.3 is 5.97 Å². The Morgan fingerprint density at radius 3 is 2.60 bits per heavy atom. The minimum absolute atomic E-state index is 0.193. The molecule has 0 amide bonds. The van der Waals surface area contributed by atoms with Crippen LogP contribution in [0.4, 0.5) is 0 Å². The van der Waals surface area contributed by atoms with Crippen LogP contribution < -0.4 is 0 Å². The summed E-state index contributed by atoms with van der Waals surface area (Å²) in [5.41, 5.74) is 0.252. The average Bonchev–Trinajstić information content (AvgIpc) is 3.18.